The van der Waals surface area contributed by atoms with Gasteiger partial charge >= 0.3 is 5.97 Å². The molecular weight excluding hydrogens is 1080 g/mol. The van der Waals surface area contributed by atoms with Gasteiger partial charge in [-0.05, 0) is 99.5 Å². The van der Waals surface area contributed by atoms with E-state index in [1.54, 1.807) is 46.9 Å². The molecule has 0 bridgehead atoms. The molecule has 3 fully saturated rings. The highest BCUT2D eigenvalue weighted by Gasteiger charge is 2.45. The van der Waals surface area contributed by atoms with Crippen molar-refractivity contribution in [1.82, 2.24) is 40.6 Å². The largest absolute Gasteiger partial charge is 0.490 e. The Kier molecular flexibility index (Phi) is 15.4. The van der Waals surface area contributed by atoms with Gasteiger partial charge in [-0.1, -0.05) is 57.2 Å². The normalized spacial score (nSPS) is 21.2. The van der Waals surface area contributed by atoms with Crippen LogP contribution in [0.5, 0.6) is 5.75 Å². The predicted molar refractivity (Wildman–Crippen MR) is 313 cm³/mol. The maximum absolute atomic E-state index is 14.4. The van der Waals surface area contributed by atoms with Gasteiger partial charge in [-0.15, -0.1) is 32.9 Å². The summed E-state index contributed by atoms with van der Waals surface area (Å²) >= 11 is 3.23. The molecule has 2 saturated heterocycles. The number of carbonyl (C=O) groups excluding carboxylic acids is 5. The lowest BCUT2D eigenvalue weighted by molar-refractivity contribution is -0.142. The number of anilines is 1. The summed E-state index contributed by atoms with van der Waals surface area (Å²) in [5, 5.41) is 30.4. The molecule has 82 heavy (non-hydrogen) atoms. The van der Waals surface area contributed by atoms with Crippen LogP contribution in [-0.2, 0) is 23.9 Å². The zero-order valence-corrected chi connectivity index (χ0v) is 49.1. The summed E-state index contributed by atoms with van der Waals surface area (Å²) in [6, 6.07) is 20.1. The van der Waals surface area contributed by atoms with Gasteiger partial charge < -0.3 is 44.7 Å². The van der Waals surface area contributed by atoms with E-state index in [0.29, 0.717) is 41.9 Å². The van der Waals surface area contributed by atoms with Crippen molar-refractivity contribution in [2.45, 2.75) is 130 Å². The monoisotopic (exact) mass is 1150 g/mol. The van der Waals surface area contributed by atoms with Crippen molar-refractivity contribution in [3.63, 3.8) is 0 Å². The number of likely N-dealkylation sites (tertiary alicyclic amines) is 1. The summed E-state index contributed by atoms with van der Waals surface area (Å²) in [7, 11) is 1.37. The second kappa shape index (κ2) is 22.5. The fourth-order valence-electron chi connectivity index (χ4n) is 11.5. The Morgan fingerprint density at radius 1 is 0.890 bits per heavy atom. The fraction of sp³-hybridized carbons (Fsp3) is 0.426. The number of rotatable bonds is 15. The van der Waals surface area contributed by atoms with E-state index in [1.807, 2.05) is 75.9 Å². The van der Waals surface area contributed by atoms with Crippen molar-refractivity contribution in [2.75, 3.05) is 31.6 Å². The lowest BCUT2D eigenvalue weighted by atomic mass is 9.85. The maximum Gasteiger partial charge on any atom is 0.308 e. The number of aliphatic hydroxyl groups excluding tert-OH is 1. The number of thiophene rings is 1. The van der Waals surface area contributed by atoms with Gasteiger partial charge in [-0.2, -0.15) is 0 Å². The minimum Gasteiger partial charge on any atom is -0.490 e. The maximum atomic E-state index is 14.4. The van der Waals surface area contributed by atoms with Crippen LogP contribution in [0, 0.1) is 39.0 Å². The molecule has 1 saturated carbocycles. The van der Waals surface area contributed by atoms with Crippen molar-refractivity contribution in [3.8, 4) is 21.2 Å². The minimum atomic E-state index is -1.06. The molecule has 21 heteroatoms. The number of aryl methyl sites for hydroxylation is 3. The van der Waals surface area contributed by atoms with E-state index in [9.17, 15) is 29.1 Å². The second-order valence-corrected chi connectivity index (χ2v) is 25.2. The Bertz CT molecular complexity index is 3630. The number of ether oxygens (including phenoxy) is 2. The molecule has 4 amide bonds. The van der Waals surface area contributed by atoms with Gasteiger partial charge in [-0.25, -0.2) is 4.98 Å². The Morgan fingerprint density at radius 3 is 2.34 bits per heavy atom. The van der Waals surface area contributed by atoms with Crippen LogP contribution in [0.4, 0.5) is 5.69 Å². The molecule has 428 valence electrons. The van der Waals surface area contributed by atoms with Gasteiger partial charge in [0.05, 0.1) is 53.4 Å². The number of methoxy groups -OCH3 is 1. The highest BCUT2D eigenvalue weighted by Crippen LogP contribution is 2.41. The molecule has 4 aromatic heterocycles. The third-order valence-corrected chi connectivity index (χ3v) is 18.5. The van der Waals surface area contributed by atoms with Crippen molar-refractivity contribution in [1.29, 1.82) is 0 Å². The van der Waals surface area contributed by atoms with Crippen molar-refractivity contribution >= 4 is 74.6 Å². The van der Waals surface area contributed by atoms with Crippen LogP contribution in [0.3, 0.4) is 0 Å². The number of furan rings is 1. The molecule has 4 N–H and O–H groups in total. The van der Waals surface area contributed by atoms with E-state index >= 15 is 0 Å². The number of β-amino-alcohol motifs (C(OH)–C–C–N with tert-alkyl or cyclic N) is 1. The summed E-state index contributed by atoms with van der Waals surface area (Å²) in [4.78, 5) is 83.8. The minimum absolute atomic E-state index is 0.00533. The number of nitrogens with zero attached hydrogens (tertiary/aromatic N) is 7. The smallest absolute Gasteiger partial charge is 0.308 e. The number of thiazole rings is 1. The first-order chi connectivity index (χ1) is 39.2. The van der Waals surface area contributed by atoms with Gasteiger partial charge in [0.2, 0.25) is 17.7 Å². The topological polar surface area (TPSA) is 236 Å². The average Bonchev–Trinajstić information content (AvgIpc) is 2.99. The van der Waals surface area contributed by atoms with Crippen LogP contribution >= 0.6 is 22.7 Å². The number of carbonyl (C=O) groups is 5. The average molecular weight is 1150 g/mol. The molecule has 0 spiro atoms. The van der Waals surface area contributed by atoms with E-state index in [0.717, 1.165) is 78.5 Å². The summed E-state index contributed by atoms with van der Waals surface area (Å²) < 4.78 is 19.4. The quantitative estimate of drug-likeness (QED) is 0.0707. The van der Waals surface area contributed by atoms with Crippen molar-refractivity contribution < 1.29 is 43.0 Å². The van der Waals surface area contributed by atoms with Crippen LogP contribution in [0.15, 0.2) is 87.7 Å². The van der Waals surface area contributed by atoms with E-state index in [4.69, 9.17) is 18.9 Å². The van der Waals surface area contributed by atoms with Crippen LogP contribution in [0.2, 0.25) is 0 Å². The number of amides is 4. The Balaban J connectivity index is 0.669. The summed E-state index contributed by atoms with van der Waals surface area (Å²) in [5.41, 5.74) is 9.19. The van der Waals surface area contributed by atoms with Crippen molar-refractivity contribution in [3.05, 3.63) is 129 Å². The Morgan fingerprint density at radius 2 is 1.63 bits per heavy atom. The van der Waals surface area contributed by atoms with Gasteiger partial charge in [0.25, 0.3) is 5.91 Å². The van der Waals surface area contributed by atoms with Gasteiger partial charge in [0.1, 0.15) is 46.4 Å². The number of nitrogens with one attached hydrogen (secondary N) is 3. The number of esters is 1. The summed E-state index contributed by atoms with van der Waals surface area (Å²) in [6.45, 7) is 16.7. The van der Waals surface area contributed by atoms with Crippen molar-refractivity contribution in [2.24, 2.45) is 16.3 Å². The molecule has 3 aliphatic heterocycles. The first kappa shape index (κ1) is 56.1. The van der Waals surface area contributed by atoms with E-state index < -0.39 is 47.4 Å². The third kappa shape index (κ3) is 11.2. The first-order valence-electron chi connectivity index (χ1n) is 27.8. The van der Waals surface area contributed by atoms with Gasteiger partial charge in [0, 0.05) is 72.0 Å². The number of benzene rings is 3. The number of aliphatic imine (C=N–C) groups is 1. The van der Waals surface area contributed by atoms with Gasteiger partial charge in [-0.3, -0.25) is 33.5 Å². The number of hydrogen-bond donors (Lipinski definition) is 4. The molecule has 3 aromatic carbocycles. The molecule has 6 atom stereocenters. The third-order valence-electron chi connectivity index (χ3n) is 16.4. The number of aliphatic hydroxyl groups is 1. The summed E-state index contributed by atoms with van der Waals surface area (Å²) in [5.74, 6) is -0.0692. The van der Waals surface area contributed by atoms with Crippen LogP contribution in [-0.4, -0.2) is 122 Å². The lowest BCUT2D eigenvalue weighted by Crippen LogP contribution is -2.57. The standard InChI is InChI=1S/C61H68N10O9S2/c1-31-34(4)82-60-51(31)52(65-46(27-50(73)78-9)55-68-67-35(5)71(55)60)37-14-16-42(17-15-37)69-21-20-39(28-69)56(74)64-41-24-45(25-41)79-44-18-19-48-40(22-44)23-49(80-48)58(76)66-54(61(6,7)8)59(77)70-29-43(72)26-47(70)57(75)63-32(2)36-10-12-38(13-11-36)53-33(3)62-30-81-53/h10-19,22-23,30,32,39,41,43,45-47,54,72H,20-21,24-29H2,1-9H3,(H,63,75)(H,64,74)(H,66,76)/t32-,39+,41?,43+,45?,46-,47-,54+/m0/s1. The molecule has 19 nitrogen and oxygen atoms in total. The van der Waals surface area contributed by atoms with E-state index in [2.05, 4.69) is 74.1 Å². The Hall–Kier alpha value is -7.75. The highest BCUT2D eigenvalue weighted by atomic mass is 32.1. The number of fused-ring (bicyclic) bond motifs is 4. The molecular formula is C61H68N10O9S2. The number of aromatic nitrogens is 4. The first-order valence-corrected chi connectivity index (χ1v) is 29.5. The summed E-state index contributed by atoms with van der Waals surface area (Å²) in [6.07, 6.45) is 1.08. The predicted octanol–water partition coefficient (Wildman–Crippen LogP) is 8.42. The molecule has 11 rings (SSSR count). The SMILES string of the molecule is COC(=O)C[C@@H]1N=C(c2ccc(N3CC[C@@H](C(=O)NC4CC(Oc5ccc6oc(C(=O)N[C@H](C(=O)N7C[C@H](O)C[C@H]7C(=O)N[C@@H](C)c7ccc(-c8scnc8C)cc7)C(C)(C)C)cc6c5)C4)C3)cc2)c2c(sc(C)c2C)-n2c(C)nnc21. The molecule has 7 aromatic rings. The van der Waals surface area contributed by atoms with Crippen LogP contribution < -0.4 is 25.6 Å². The second-order valence-electron chi connectivity index (χ2n) is 23.2. The molecule has 7 heterocycles. The Labute approximate surface area is 483 Å². The highest BCUT2D eigenvalue weighted by molar-refractivity contribution is 7.15. The van der Waals surface area contributed by atoms with E-state index in [-0.39, 0.29) is 61.1 Å². The molecule has 1 aliphatic carbocycles. The van der Waals surface area contributed by atoms with E-state index in [1.165, 1.54) is 12.0 Å². The van der Waals surface area contributed by atoms with Crippen LogP contribution in [0.25, 0.3) is 26.4 Å². The molecule has 4 aliphatic rings. The molecule has 0 unspecified atom stereocenters. The molecule has 0 radical (unpaired) electrons. The van der Waals surface area contributed by atoms with Crippen LogP contribution in [0.1, 0.15) is 127 Å². The fourth-order valence-corrected chi connectivity index (χ4v) is 13.5. The zero-order valence-electron chi connectivity index (χ0n) is 47.4. The lowest BCUT2D eigenvalue weighted by Gasteiger charge is -2.36. The van der Waals surface area contributed by atoms with Gasteiger partial charge in [0.15, 0.2) is 11.6 Å². The number of hydrogen-bond acceptors (Lipinski definition) is 16. The zero-order chi connectivity index (χ0) is 57.9.